The Kier molecular flexibility index (Phi) is 16.3. The Morgan fingerprint density at radius 2 is 1.48 bits per heavy atom. The van der Waals surface area contributed by atoms with Crippen molar-refractivity contribution in [3.8, 4) is 0 Å². The zero-order valence-corrected chi connectivity index (χ0v) is 33.4. The van der Waals surface area contributed by atoms with Crippen molar-refractivity contribution in [3.05, 3.63) is 0 Å². The first-order chi connectivity index (χ1) is 23.4. The first-order valence-corrected chi connectivity index (χ1v) is 18.5. The molecule has 3 rings (SSSR count). The molecule has 0 amide bonds. The number of nitrogens with zero attached hydrogens (tertiary/aromatic N) is 1. The third-order valence-corrected chi connectivity index (χ3v) is 11.8. The zero-order valence-electron chi connectivity index (χ0n) is 33.4. The minimum Gasteiger partial charge on any atom is -0.459 e. The van der Waals surface area contributed by atoms with Gasteiger partial charge >= 0.3 is 5.97 Å². The van der Waals surface area contributed by atoms with Crippen LogP contribution in [-0.4, -0.2) is 153 Å². The molecule has 15 nitrogen and oxygen atoms in total. The molecule has 0 aromatic rings. The van der Waals surface area contributed by atoms with Crippen molar-refractivity contribution >= 4 is 11.8 Å². The largest absolute Gasteiger partial charge is 0.459 e. The number of carbonyl (C=O) groups is 2. The van der Waals surface area contributed by atoms with Crippen molar-refractivity contribution in [2.45, 2.75) is 179 Å². The minimum absolute atomic E-state index is 0. The van der Waals surface area contributed by atoms with Crippen molar-refractivity contribution < 1.29 is 69.0 Å². The summed E-state index contributed by atoms with van der Waals surface area (Å²) in [6.07, 6.45) is -9.71. The van der Waals surface area contributed by atoms with E-state index in [2.05, 4.69) is 0 Å². The van der Waals surface area contributed by atoms with Crippen LogP contribution in [0.4, 0.5) is 0 Å². The smallest absolute Gasteiger partial charge is 0.311 e. The van der Waals surface area contributed by atoms with Gasteiger partial charge in [0.2, 0.25) is 0 Å². The second-order valence-corrected chi connectivity index (χ2v) is 16.5. The second-order valence-electron chi connectivity index (χ2n) is 16.5. The van der Waals surface area contributed by atoms with Crippen LogP contribution in [0.1, 0.15) is 94.9 Å². The van der Waals surface area contributed by atoms with Gasteiger partial charge in [-0.25, -0.2) is 0 Å². The lowest BCUT2D eigenvalue weighted by atomic mass is 9.74. The number of Topliss-reactive ketones (excluding diaryl/α,β-unsaturated/α-hetero) is 1. The van der Waals surface area contributed by atoms with Crippen LogP contribution in [-0.2, 0) is 38.0 Å². The first kappa shape index (κ1) is 46.8. The molecule has 3 aliphatic heterocycles. The number of rotatable bonds is 7. The summed E-state index contributed by atoms with van der Waals surface area (Å²) >= 11 is 0. The van der Waals surface area contributed by atoms with Crippen molar-refractivity contribution in [3.63, 3.8) is 0 Å². The highest BCUT2D eigenvalue weighted by Gasteiger charge is 2.53. The maximum absolute atomic E-state index is 14.1. The second kappa shape index (κ2) is 18.1. The topological polar surface area (TPSA) is 225 Å². The van der Waals surface area contributed by atoms with E-state index >= 15 is 0 Å². The lowest BCUT2D eigenvalue weighted by Gasteiger charge is -2.49. The first-order valence-electron chi connectivity index (χ1n) is 18.5. The average molecular weight is 752 g/mol. The predicted molar refractivity (Wildman–Crippen MR) is 190 cm³/mol. The summed E-state index contributed by atoms with van der Waals surface area (Å²) in [5, 5.41) is 57.6. The van der Waals surface area contributed by atoms with Crippen LogP contribution in [0.3, 0.4) is 0 Å². The molecule has 3 aliphatic rings. The van der Waals surface area contributed by atoms with E-state index in [1.165, 1.54) is 27.9 Å². The molecule has 3 heterocycles. The molecule has 0 aliphatic carbocycles. The van der Waals surface area contributed by atoms with Gasteiger partial charge in [0.25, 0.3) is 0 Å². The van der Waals surface area contributed by atoms with E-state index in [4.69, 9.17) is 28.4 Å². The lowest BCUT2D eigenvalue weighted by Crippen LogP contribution is -2.61. The number of ether oxygens (including phenoxy) is 6. The number of hydrogen-bond acceptors (Lipinski definition) is 14. The van der Waals surface area contributed by atoms with E-state index in [0.717, 1.165) is 0 Å². The molecule has 0 spiro atoms. The van der Waals surface area contributed by atoms with E-state index in [9.17, 15) is 35.1 Å². The number of ketones is 1. The molecule has 0 bridgehead atoms. The Labute approximate surface area is 309 Å². The van der Waals surface area contributed by atoms with Crippen molar-refractivity contribution in [1.29, 1.82) is 0 Å². The Morgan fingerprint density at radius 3 is 2.02 bits per heavy atom. The quantitative estimate of drug-likeness (QED) is 0.229. The monoisotopic (exact) mass is 751 g/mol. The van der Waals surface area contributed by atoms with E-state index in [1.54, 1.807) is 41.5 Å². The number of hydrogen-bond donors (Lipinski definition) is 5. The van der Waals surface area contributed by atoms with Gasteiger partial charge in [0.1, 0.15) is 29.7 Å². The molecular weight excluding hydrogens is 682 g/mol. The number of aliphatic hydroxyl groups is 5. The molecule has 7 N–H and O–H groups in total. The standard InChI is InChI=1S/C37H67NO13.H2O/c1-14-25-37(10,45)30(41)20(4)27(39)18(2)16-35(8,44)32(51-34-28(40)24(38(11)12)15-19(3)47-34)21(5)29(22(6)33(43)49-25)50-26-17-36(9,46-13)31(42)23(7)48-26;/h18-26,28-32,34,40-42,44-45H,14-17H2,1-13H3;1H2/t18-,19-,20+,21+,22-,23+,24+,25-,26+,28-,29+,30-,31+,32?,34+,35-,36-,37-;/m1./s1. The summed E-state index contributed by atoms with van der Waals surface area (Å²) in [6.45, 7) is 16.3. The summed E-state index contributed by atoms with van der Waals surface area (Å²) in [5.74, 6) is -4.98. The molecule has 52 heavy (non-hydrogen) atoms. The molecule has 0 radical (unpaired) electrons. The highest BCUT2D eigenvalue weighted by molar-refractivity contribution is 5.83. The summed E-state index contributed by atoms with van der Waals surface area (Å²) in [7, 11) is 5.18. The molecule has 15 heteroatoms. The summed E-state index contributed by atoms with van der Waals surface area (Å²) in [5.41, 5.74) is -4.84. The van der Waals surface area contributed by atoms with E-state index < -0.39 is 108 Å². The fraction of sp³-hybridized carbons (Fsp3) is 0.946. The van der Waals surface area contributed by atoms with Gasteiger partial charge in [-0.05, 0) is 74.9 Å². The average Bonchev–Trinajstić information content (AvgIpc) is 3.05. The normalized spacial score (nSPS) is 48.8. The van der Waals surface area contributed by atoms with Gasteiger partial charge in [0, 0.05) is 37.3 Å². The summed E-state index contributed by atoms with van der Waals surface area (Å²) in [4.78, 5) is 29.8. The van der Waals surface area contributed by atoms with Crippen molar-refractivity contribution in [2.24, 2.45) is 23.7 Å². The number of methoxy groups -OCH3 is 1. The molecule has 306 valence electrons. The fourth-order valence-electron chi connectivity index (χ4n) is 8.41. The molecule has 3 saturated heterocycles. The summed E-state index contributed by atoms with van der Waals surface area (Å²) in [6, 6.07) is -0.324. The Balaban J connectivity index is 0.00000936. The molecule has 0 aromatic heterocycles. The van der Waals surface area contributed by atoms with Gasteiger partial charge in [-0.2, -0.15) is 0 Å². The van der Waals surface area contributed by atoms with Crippen molar-refractivity contribution in [1.82, 2.24) is 4.90 Å². The van der Waals surface area contributed by atoms with Crippen LogP contribution in [0.15, 0.2) is 0 Å². The van der Waals surface area contributed by atoms with E-state index in [0.29, 0.717) is 6.42 Å². The number of aliphatic hydroxyl groups excluding tert-OH is 3. The van der Waals surface area contributed by atoms with Crippen molar-refractivity contribution in [2.75, 3.05) is 21.2 Å². The molecule has 1 unspecified atom stereocenters. The van der Waals surface area contributed by atoms with Crippen LogP contribution >= 0.6 is 0 Å². The van der Waals surface area contributed by atoms with Gasteiger partial charge in [0.15, 0.2) is 12.6 Å². The summed E-state index contributed by atoms with van der Waals surface area (Å²) < 4.78 is 37.1. The van der Waals surface area contributed by atoms with Gasteiger partial charge in [0.05, 0.1) is 47.6 Å². The molecule has 18 atom stereocenters. The number of cyclic esters (lactones) is 1. The van der Waals surface area contributed by atoms with E-state index in [-0.39, 0.29) is 36.9 Å². The third-order valence-electron chi connectivity index (χ3n) is 11.8. The third kappa shape index (κ3) is 9.90. The van der Waals surface area contributed by atoms with Crippen LogP contribution in [0.2, 0.25) is 0 Å². The maximum Gasteiger partial charge on any atom is 0.311 e. The zero-order chi connectivity index (χ0) is 39.0. The molecular formula is C37H69NO14. The van der Waals surface area contributed by atoms with Gasteiger partial charge < -0.3 is 64.3 Å². The van der Waals surface area contributed by atoms with Crippen LogP contribution in [0.5, 0.6) is 0 Å². The Hall–Kier alpha value is -1.34. The van der Waals surface area contributed by atoms with Gasteiger partial charge in [-0.1, -0.05) is 27.7 Å². The van der Waals surface area contributed by atoms with Crippen LogP contribution in [0.25, 0.3) is 0 Å². The van der Waals surface area contributed by atoms with Gasteiger partial charge in [-0.15, -0.1) is 0 Å². The molecule has 0 aromatic carbocycles. The number of likely N-dealkylation sites (N-methyl/N-ethyl adjacent to an activating group) is 1. The SMILES string of the molecule is CC[C@H]1OC(=O)[C@H](C)[C@@H](O[C@H]2C[C@@](C)(OC)[C@@H](O)[C@H](C)O2)[C@H](C)C(O[C@@H]2O[C@H](C)C[C@H](N(C)C)[C@H]2O)[C@](C)(O)C[C@@H](C)C(=O)[C@H](C)[C@@H](O)[C@]1(C)O.O. The number of esters is 1. The Bertz CT molecular complexity index is 1170. The lowest BCUT2D eigenvalue weighted by molar-refractivity contribution is -0.318. The number of carbonyl (C=O) groups excluding carboxylic acids is 2. The molecule has 3 fully saturated rings. The van der Waals surface area contributed by atoms with Crippen LogP contribution in [0, 0.1) is 23.7 Å². The van der Waals surface area contributed by atoms with Crippen LogP contribution < -0.4 is 0 Å². The highest BCUT2D eigenvalue weighted by atomic mass is 16.7. The fourth-order valence-corrected chi connectivity index (χ4v) is 8.41. The van der Waals surface area contributed by atoms with E-state index in [1.807, 2.05) is 25.9 Å². The Morgan fingerprint density at radius 1 is 0.885 bits per heavy atom. The van der Waals surface area contributed by atoms with Gasteiger partial charge in [-0.3, -0.25) is 9.59 Å². The molecule has 0 saturated carbocycles. The minimum atomic E-state index is -1.99. The highest BCUT2D eigenvalue weighted by Crippen LogP contribution is 2.40. The predicted octanol–water partition coefficient (Wildman–Crippen LogP) is 0.961. The maximum atomic E-state index is 14.1.